The number of halogens is 8. The van der Waals surface area contributed by atoms with Crippen LogP contribution in [0, 0.1) is 5.92 Å². The van der Waals surface area contributed by atoms with Gasteiger partial charge in [-0.05, 0) is 19.8 Å². The Kier molecular flexibility index (Phi) is 5.93. The molecule has 1 fully saturated rings. The summed E-state index contributed by atoms with van der Waals surface area (Å²) in [4.78, 5) is 11.9. The van der Waals surface area contributed by atoms with Gasteiger partial charge in [-0.3, -0.25) is 4.79 Å². The molecule has 0 aromatic heterocycles. The van der Waals surface area contributed by atoms with Gasteiger partial charge >= 0.3 is 30.0 Å². The first kappa shape index (κ1) is 23.9. The predicted molar refractivity (Wildman–Crippen MR) is 74.7 cm³/mol. The summed E-state index contributed by atoms with van der Waals surface area (Å²) in [7, 11) is 0. The molecule has 4 unspecified atom stereocenters. The highest BCUT2D eigenvalue weighted by atomic mass is 19.4. The molecule has 1 aliphatic rings. The van der Waals surface area contributed by atoms with Crippen molar-refractivity contribution in [3.05, 3.63) is 0 Å². The molecule has 4 nitrogen and oxygen atoms in total. The lowest BCUT2D eigenvalue weighted by atomic mass is 9.74. The zero-order valence-corrected chi connectivity index (χ0v) is 14.9. The third-order valence-corrected chi connectivity index (χ3v) is 4.87. The van der Waals surface area contributed by atoms with Crippen LogP contribution in [0.3, 0.4) is 0 Å². The van der Waals surface area contributed by atoms with Crippen LogP contribution in [0.1, 0.15) is 47.0 Å². The van der Waals surface area contributed by atoms with E-state index >= 15 is 0 Å². The Labute approximate surface area is 149 Å². The van der Waals surface area contributed by atoms with Crippen LogP contribution < -0.4 is 0 Å². The molecule has 1 aliphatic heterocycles. The van der Waals surface area contributed by atoms with Gasteiger partial charge in [-0.1, -0.05) is 20.8 Å². The van der Waals surface area contributed by atoms with E-state index in [-0.39, 0.29) is 13.3 Å². The van der Waals surface area contributed by atoms with E-state index in [0.717, 1.165) is 6.92 Å². The second kappa shape index (κ2) is 6.71. The first-order chi connectivity index (χ1) is 11.8. The Hall–Kier alpha value is -1.17. The molecule has 1 rings (SSSR count). The monoisotopic (exact) mass is 416 g/mol. The van der Waals surface area contributed by atoms with E-state index in [2.05, 4.69) is 9.47 Å². The van der Waals surface area contributed by atoms with Crippen LogP contribution in [0.15, 0.2) is 0 Å². The maximum Gasteiger partial charge on any atom is 0.449 e. The van der Waals surface area contributed by atoms with Crippen LogP contribution in [0.25, 0.3) is 0 Å². The Morgan fingerprint density at radius 2 is 1.63 bits per heavy atom. The summed E-state index contributed by atoms with van der Waals surface area (Å²) < 4.78 is 118. The number of ether oxygens (including phenoxy) is 2. The van der Waals surface area contributed by atoms with Crippen LogP contribution in [0.2, 0.25) is 0 Å². The Bertz CT molecular complexity index is 575. The Balaban J connectivity index is 3.67. The second-order valence-corrected chi connectivity index (χ2v) is 6.80. The lowest BCUT2D eigenvalue weighted by Gasteiger charge is -2.56. The zero-order chi connectivity index (χ0) is 21.7. The number of alkyl halides is 8. The molecule has 1 saturated heterocycles. The second-order valence-electron chi connectivity index (χ2n) is 6.80. The van der Waals surface area contributed by atoms with Crippen LogP contribution >= 0.6 is 0 Å². The summed E-state index contributed by atoms with van der Waals surface area (Å²) >= 11 is 0. The van der Waals surface area contributed by atoms with E-state index in [4.69, 9.17) is 0 Å². The fourth-order valence-electron chi connectivity index (χ4n) is 2.78. The van der Waals surface area contributed by atoms with Gasteiger partial charge in [0.15, 0.2) is 11.2 Å². The van der Waals surface area contributed by atoms with Crippen molar-refractivity contribution in [2.75, 3.05) is 0 Å². The van der Waals surface area contributed by atoms with Gasteiger partial charge in [0.1, 0.15) is 0 Å². The van der Waals surface area contributed by atoms with E-state index in [1.165, 1.54) is 13.8 Å². The van der Waals surface area contributed by atoms with Crippen molar-refractivity contribution in [3.8, 4) is 0 Å². The summed E-state index contributed by atoms with van der Waals surface area (Å²) in [5.41, 5.74) is -7.45. The number of carbonyl (C=O) groups is 1. The standard InChI is InChI=1S/C15H20F8O4/c1-5-8(3)9(24)26-10(4)7-11(6-2,14(18,19)20)27-13(25,12(10,16)17)15(21,22)23/h8,25H,5-7H2,1-4H3. The van der Waals surface area contributed by atoms with Crippen molar-refractivity contribution in [2.24, 2.45) is 5.92 Å². The SMILES string of the molecule is CCC(C)C(=O)OC1(C)CC(CC)(C(F)(F)F)OC(O)(C(F)(F)F)C1(F)F. The molecule has 0 aromatic carbocycles. The van der Waals surface area contributed by atoms with Gasteiger partial charge in [0, 0.05) is 6.42 Å². The molecule has 0 aliphatic carbocycles. The Morgan fingerprint density at radius 1 is 1.15 bits per heavy atom. The summed E-state index contributed by atoms with van der Waals surface area (Å²) in [6, 6.07) is 0. The topological polar surface area (TPSA) is 55.8 Å². The lowest BCUT2D eigenvalue weighted by Crippen LogP contribution is -2.78. The van der Waals surface area contributed by atoms with Crippen LogP contribution in [-0.4, -0.2) is 46.3 Å². The average molecular weight is 416 g/mol. The molecular weight excluding hydrogens is 396 g/mol. The number of hydrogen-bond acceptors (Lipinski definition) is 4. The summed E-state index contributed by atoms with van der Waals surface area (Å²) in [6.07, 6.45) is -14.9. The molecule has 4 atom stereocenters. The number of aliphatic hydroxyl groups is 1. The fraction of sp³-hybridized carbons (Fsp3) is 0.933. The molecule has 0 aromatic rings. The third-order valence-electron chi connectivity index (χ3n) is 4.87. The van der Waals surface area contributed by atoms with Crippen molar-refractivity contribution in [1.82, 2.24) is 0 Å². The molecule has 27 heavy (non-hydrogen) atoms. The van der Waals surface area contributed by atoms with Crippen molar-refractivity contribution >= 4 is 5.97 Å². The van der Waals surface area contributed by atoms with Gasteiger partial charge in [0.05, 0.1) is 5.92 Å². The van der Waals surface area contributed by atoms with E-state index in [1.807, 2.05) is 0 Å². The van der Waals surface area contributed by atoms with Crippen molar-refractivity contribution in [3.63, 3.8) is 0 Å². The normalized spacial score (nSPS) is 35.6. The van der Waals surface area contributed by atoms with Gasteiger partial charge in [0.25, 0.3) is 0 Å². The smallest absolute Gasteiger partial charge is 0.449 e. The van der Waals surface area contributed by atoms with Crippen LogP contribution in [-0.2, 0) is 14.3 Å². The van der Waals surface area contributed by atoms with Gasteiger partial charge in [-0.15, -0.1) is 0 Å². The highest BCUT2D eigenvalue weighted by molar-refractivity contribution is 5.72. The minimum atomic E-state index is -6.31. The minimum absolute atomic E-state index is 0.0404. The third kappa shape index (κ3) is 3.50. The lowest BCUT2D eigenvalue weighted by molar-refractivity contribution is -0.516. The number of rotatable bonds is 4. The fourth-order valence-corrected chi connectivity index (χ4v) is 2.78. The first-order valence-corrected chi connectivity index (χ1v) is 8.01. The number of carbonyl (C=O) groups excluding carboxylic acids is 1. The molecule has 160 valence electrons. The Morgan fingerprint density at radius 3 is 1.96 bits per heavy atom. The van der Waals surface area contributed by atoms with E-state index in [0.29, 0.717) is 0 Å². The van der Waals surface area contributed by atoms with Gasteiger partial charge in [-0.25, -0.2) is 0 Å². The highest BCUT2D eigenvalue weighted by Gasteiger charge is 2.85. The molecule has 12 heteroatoms. The summed E-state index contributed by atoms with van der Waals surface area (Å²) in [6.45, 7) is 3.62. The number of hydrogen-bond donors (Lipinski definition) is 1. The van der Waals surface area contributed by atoms with Gasteiger partial charge < -0.3 is 14.6 Å². The molecule has 0 bridgehead atoms. The predicted octanol–water partition coefficient (Wildman–Crippen LogP) is 4.35. The number of esters is 1. The van der Waals surface area contributed by atoms with Crippen molar-refractivity contribution < 1.29 is 54.5 Å². The first-order valence-electron chi connectivity index (χ1n) is 8.01. The molecule has 0 spiro atoms. The minimum Gasteiger partial charge on any atom is -0.452 e. The summed E-state index contributed by atoms with van der Waals surface area (Å²) in [5.74, 6) is -13.4. The van der Waals surface area contributed by atoms with Crippen molar-refractivity contribution in [2.45, 2.75) is 82.2 Å². The average Bonchev–Trinajstić information content (AvgIpc) is 2.49. The van der Waals surface area contributed by atoms with Crippen molar-refractivity contribution in [1.29, 1.82) is 0 Å². The maximum absolute atomic E-state index is 14.7. The van der Waals surface area contributed by atoms with Gasteiger partial charge in [0.2, 0.25) is 0 Å². The maximum atomic E-state index is 14.7. The molecule has 0 saturated carbocycles. The van der Waals surface area contributed by atoms with Crippen LogP contribution in [0.5, 0.6) is 0 Å². The van der Waals surface area contributed by atoms with Crippen LogP contribution in [0.4, 0.5) is 35.1 Å². The van der Waals surface area contributed by atoms with E-state index in [9.17, 15) is 45.0 Å². The quantitative estimate of drug-likeness (QED) is 0.547. The highest BCUT2D eigenvalue weighted by Crippen LogP contribution is 2.61. The van der Waals surface area contributed by atoms with E-state index in [1.54, 1.807) is 0 Å². The zero-order valence-electron chi connectivity index (χ0n) is 14.9. The molecular formula is C15H20F8O4. The van der Waals surface area contributed by atoms with E-state index < -0.39 is 60.0 Å². The molecule has 0 radical (unpaired) electrons. The molecule has 0 amide bonds. The largest absolute Gasteiger partial charge is 0.452 e. The summed E-state index contributed by atoms with van der Waals surface area (Å²) in [5, 5.41) is 9.62. The molecule has 1 heterocycles. The molecule has 1 N–H and O–H groups in total. The van der Waals surface area contributed by atoms with Gasteiger partial charge in [-0.2, -0.15) is 35.1 Å².